The number of aromatic nitrogens is 2. The molecule has 1 N–H and O–H groups in total. The molecule has 6 nitrogen and oxygen atoms in total. The van der Waals surface area contributed by atoms with Gasteiger partial charge in [0.2, 0.25) is 10.0 Å². The molecular formula is C26H43N3O3S. The van der Waals surface area contributed by atoms with Crippen molar-refractivity contribution in [3.05, 3.63) is 41.2 Å². The molecule has 0 unspecified atom stereocenters. The first-order valence-corrected chi connectivity index (χ1v) is 13.7. The predicted molar refractivity (Wildman–Crippen MR) is 136 cm³/mol. The van der Waals surface area contributed by atoms with Crippen LogP contribution in [0, 0.1) is 6.92 Å². The lowest BCUT2D eigenvalue weighted by molar-refractivity contribution is 0.296. The van der Waals surface area contributed by atoms with Gasteiger partial charge >= 0.3 is 0 Å². The number of sulfonamides is 1. The number of rotatable bonds is 13. The van der Waals surface area contributed by atoms with Gasteiger partial charge in [-0.1, -0.05) is 53.7 Å². The van der Waals surface area contributed by atoms with Crippen molar-refractivity contribution in [2.45, 2.75) is 103 Å². The molecule has 0 radical (unpaired) electrons. The number of aryl methyl sites for hydroxylation is 1. The van der Waals surface area contributed by atoms with Gasteiger partial charge in [-0.25, -0.2) is 13.1 Å². The summed E-state index contributed by atoms with van der Waals surface area (Å²) in [5.74, 6) is 0.931. The molecule has 0 spiro atoms. The second-order valence-corrected chi connectivity index (χ2v) is 11.8. The van der Waals surface area contributed by atoms with Crippen LogP contribution in [0.4, 0.5) is 0 Å². The van der Waals surface area contributed by atoms with Crippen LogP contribution in [0.25, 0.3) is 0 Å². The minimum atomic E-state index is -3.54. The number of nitrogens with zero attached hydrogens (tertiary/aromatic N) is 2. The normalized spacial score (nSPS) is 12.8. The minimum Gasteiger partial charge on any atom is -0.493 e. The van der Waals surface area contributed by atoms with E-state index in [0.717, 1.165) is 25.0 Å². The number of hydrogen-bond acceptors (Lipinski definition) is 4. The van der Waals surface area contributed by atoms with Crippen LogP contribution in [-0.2, 0) is 27.4 Å². The maximum absolute atomic E-state index is 12.6. The molecule has 0 atom stereocenters. The van der Waals surface area contributed by atoms with Crippen LogP contribution in [0.1, 0.15) is 91.0 Å². The Morgan fingerprint density at radius 3 is 2.27 bits per heavy atom. The fourth-order valence-electron chi connectivity index (χ4n) is 3.71. The van der Waals surface area contributed by atoms with Gasteiger partial charge in [-0.3, -0.25) is 4.68 Å². The molecule has 0 aliphatic carbocycles. The van der Waals surface area contributed by atoms with E-state index in [4.69, 9.17) is 4.74 Å². The summed E-state index contributed by atoms with van der Waals surface area (Å²) in [7, 11) is -3.54. The smallest absolute Gasteiger partial charge is 0.243 e. The molecule has 1 aromatic carbocycles. The molecule has 0 aliphatic rings. The second kappa shape index (κ2) is 11.0. The highest BCUT2D eigenvalue weighted by Gasteiger charge is 2.26. The van der Waals surface area contributed by atoms with E-state index in [1.807, 2.05) is 6.92 Å². The number of hydrogen-bond donors (Lipinski definition) is 1. The van der Waals surface area contributed by atoms with Crippen LogP contribution in [-0.4, -0.2) is 31.3 Å². The summed E-state index contributed by atoms with van der Waals surface area (Å²) in [6.07, 6.45) is 4.99. The Morgan fingerprint density at radius 2 is 1.70 bits per heavy atom. The zero-order valence-electron chi connectivity index (χ0n) is 21.8. The van der Waals surface area contributed by atoms with E-state index in [-0.39, 0.29) is 15.7 Å². The van der Waals surface area contributed by atoms with Crippen LogP contribution in [0.2, 0.25) is 0 Å². The molecule has 2 aromatic rings. The Kier molecular flexibility index (Phi) is 9.16. The van der Waals surface area contributed by atoms with Gasteiger partial charge in [-0.2, -0.15) is 5.10 Å². The fraction of sp³-hybridized carbons (Fsp3) is 0.654. The third-order valence-electron chi connectivity index (χ3n) is 7.03. The topological polar surface area (TPSA) is 73.2 Å². The van der Waals surface area contributed by atoms with Crippen molar-refractivity contribution in [2.75, 3.05) is 13.2 Å². The monoisotopic (exact) mass is 477 g/mol. The summed E-state index contributed by atoms with van der Waals surface area (Å²) in [5, 5.41) is 4.13. The van der Waals surface area contributed by atoms with Gasteiger partial charge < -0.3 is 4.74 Å². The van der Waals surface area contributed by atoms with E-state index in [1.54, 1.807) is 11.6 Å². The SMILES string of the molecule is CCn1ncc(S(=O)(=O)NCCCCOc2ccc(C(C)(C)CC)cc2C(C)(C)CC)c1C. The predicted octanol–water partition coefficient (Wildman–Crippen LogP) is 5.72. The molecule has 0 fully saturated rings. The maximum Gasteiger partial charge on any atom is 0.243 e. The molecule has 0 bridgehead atoms. The van der Waals surface area contributed by atoms with Gasteiger partial charge in [0.15, 0.2) is 0 Å². The number of ether oxygens (including phenoxy) is 1. The molecule has 7 heteroatoms. The van der Waals surface area contributed by atoms with Crippen molar-refractivity contribution in [1.29, 1.82) is 0 Å². The Labute approximate surface area is 201 Å². The van der Waals surface area contributed by atoms with Crippen molar-refractivity contribution < 1.29 is 13.2 Å². The standard InChI is InChI=1S/C26H43N3O3S/c1-9-25(5,6)21-14-15-23(22(18-21)26(7,8)10-2)32-17-13-12-16-28-33(30,31)24-19-27-29(11-3)20(24)4/h14-15,18-19,28H,9-13,16-17H2,1-8H3. The molecule has 1 heterocycles. The summed E-state index contributed by atoms with van der Waals surface area (Å²) in [5.41, 5.74) is 3.39. The molecule has 0 amide bonds. The van der Waals surface area contributed by atoms with Crippen molar-refractivity contribution >= 4 is 10.0 Å². The summed E-state index contributed by atoms with van der Waals surface area (Å²) in [4.78, 5) is 0.252. The molecule has 0 saturated carbocycles. The van der Waals surface area contributed by atoms with E-state index in [0.29, 0.717) is 31.8 Å². The van der Waals surface area contributed by atoms with Crippen molar-refractivity contribution in [3.8, 4) is 5.75 Å². The lowest BCUT2D eigenvalue weighted by atomic mass is 9.76. The van der Waals surface area contributed by atoms with E-state index < -0.39 is 10.0 Å². The van der Waals surface area contributed by atoms with Crippen molar-refractivity contribution in [1.82, 2.24) is 14.5 Å². The van der Waals surface area contributed by atoms with Crippen molar-refractivity contribution in [2.24, 2.45) is 0 Å². The van der Waals surface area contributed by atoms with Gasteiger partial charge in [0.1, 0.15) is 10.6 Å². The summed E-state index contributed by atoms with van der Waals surface area (Å²) in [6.45, 7) is 18.8. The van der Waals surface area contributed by atoms with Gasteiger partial charge in [-0.05, 0) is 62.0 Å². The van der Waals surface area contributed by atoms with Crippen molar-refractivity contribution in [3.63, 3.8) is 0 Å². The van der Waals surface area contributed by atoms with E-state index >= 15 is 0 Å². The molecular weight excluding hydrogens is 434 g/mol. The van der Waals surface area contributed by atoms with Crippen LogP contribution in [0.3, 0.4) is 0 Å². The van der Waals surface area contributed by atoms with Crippen LogP contribution in [0.15, 0.2) is 29.3 Å². The van der Waals surface area contributed by atoms with Gasteiger partial charge in [0, 0.05) is 18.7 Å². The maximum atomic E-state index is 12.6. The van der Waals surface area contributed by atoms with Gasteiger partial charge in [0.05, 0.1) is 18.5 Å². The largest absolute Gasteiger partial charge is 0.493 e. The third kappa shape index (κ3) is 6.60. The minimum absolute atomic E-state index is 0.0194. The number of benzene rings is 1. The lowest BCUT2D eigenvalue weighted by Gasteiger charge is -2.30. The zero-order chi connectivity index (χ0) is 24.9. The summed E-state index contributed by atoms with van der Waals surface area (Å²) >= 11 is 0. The quantitative estimate of drug-likeness (QED) is 0.374. The van der Waals surface area contributed by atoms with E-state index in [1.165, 1.54) is 17.3 Å². The van der Waals surface area contributed by atoms with E-state index in [2.05, 4.69) is 69.6 Å². The Morgan fingerprint density at radius 1 is 1.03 bits per heavy atom. The van der Waals surface area contributed by atoms with Crippen LogP contribution in [0.5, 0.6) is 5.75 Å². The lowest BCUT2D eigenvalue weighted by Crippen LogP contribution is -2.25. The highest BCUT2D eigenvalue weighted by atomic mass is 32.2. The first-order valence-electron chi connectivity index (χ1n) is 12.2. The Hall–Kier alpha value is -1.86. The second-order valence-electron chi connectivity index (χ2n) is 10.0. The van der Waals surface area contributed by atoms with Gasteiger partial charge in [0.25, 0.3) is 0 Å². The fourth-order valence-corrected chi connectivity index (χ4v) is 4.95. The Bertz CT molecular complexity index is 1020. The number of nitrogens with one attached hydrogen (secondary N) is 1. The Balaban J connectivity index is 1.96. The average molecular weight is 478 g/mol. The highest BCUT2D eigenvalue weighted by Crippen LogP contribution is 2.38. The first kappa shape index (κ1) is 27.4. The highest BCUT2D eigenvalue weighted by molar-refractivity contribution is 7.89. The average Bonchev–Trinajstić information content (AvgIpc) is 3.17. The molecule has 0 saturated heterocycles. The third-order valence-corrected chi connectivity index (χ3v) is 8.59. The molecule has 0 aliphatic heterocycles. The number of unbranched alkanes of at least 4 members (excludes halogenated alkanes) is 1. The zero-order valence-corrected chi connectivity index (χ0v) is 22.6. The molecule has 33 heavy (non-hydrogen) atoms. The van der Waals surface area contributed by atoms with Crippen LogP contribution >= 0.6 is 0 Å². The molecule has 186 valence electrons. The van der Waals surface area contributed by atoms with Crippen LogP contribution < -0.4 is 9.46 Å². The first-order chi connectivity index (χ1) is 15.4. The molecule has 1 aromatic heterocycles. The summed E-state index contributed by atoms with van der Waals surface area (Å²) in [6, 6.07) is 6.60. The van der Waals surface area contributed by atoms with E-state index in [9.17, 15) is 8.42 Å². The van der Waals surface area contributed by atoms with Gasteiger partial charge in [-0.15, -0.1) is 0 Å². The molecule has 2 rings (SSSR count). The summed E-state index contributed by atoms with van der Waals surface area (Å²) < 4.78 is 35.7.